The van der Waals surface area contributed by atoms with Crippen LogP contribution in [0.25, 0.3) is 5.57 Å². The average Bonchev–Trinajstić information content (AvgIpc) is 2.27. The van der Waals surface area contributed by atoms with Gasteiger partial charge in [0.25, 0.3) is 0 Å². The number of hydrogen-bond acceptors (Lipinski definition) is 2. The minimum Gasteiger partial charge on any atom is -0.392 e. The number of nitriles is 1. The van der Waals surface area contributed by atoms with E-state index in [1.165, 1.54) is 0 Å². The van der Waals surface area contributed by atoms with Gasteiger partial charge in [0.15, 0.2) is 0 Å². The molecule has 2 nitrogen and oxygen atoms in total. The van der Waals surface area contributed by atoms with E-state index in [4.69, 9.17) is 10.4 Å². The molecule has 0 heterocycles. The van der Waals surface area contributed by atoms with Crippen LogP contribution in [0.3, 0.4) is 0 Å². The van der Waals surface area contributed by atoms with Crippen LogP contribution in [-0.4, -0.2) is 5.11 Å². The van der Waals surface area contributed by atoms with E-state index in [-0.39, 0.29) is 6.61 Å². The molecule has 72 valence electrons. The van der Waals surface area contributed by atoms with Crippen molar-refractivity contribution in [1.82, 2.24) is 0 Å². The molecule has 0 spiro atoms. The quantitative estimate of drug-likeness (QED) is 0.723. The highest BCUT2D eigenvalue weighted by molar-refractivity contribution is 5.69. The Morgan fingerprint density at radius 2 is 1.86 bits per heavy atom. The number of aliphatic hydroxyl groups is 1. The van der Waals surface area contributed by atoms with E-state index in [0.29, 0.717) is 0 Å². The van der Waals surface area contributed by atoms with E-state index >= 15 is 0 Å². The summed E-state index contributed by atoms with van der Waals surface area (Å²) in [4.78, 5) is 0. The van der Waals surface area contributed by atoms with Gasteiger partial charge in [-0.25, -0.2) is 0 Å². The zero-order valence-electron chi connectivity index (χ0n) is 8.41. The predicted molar refractivity (Wildman–Crippen MR) is 56.2 cm³/mol. The largest absolute Gasteiger partial charge is 0.392 e. The van der Waals surface area contributed by atoms with Crippen LogP contribution in [-0.2, 0) is 6.61 Å². The summed E-state index contributed by atoms with van der Waals surface area (Å²) in [6.45, 7) is 3.78. The fraction of sp³-hybridized carbons (Fsp3) is 0.250. The summed E-state index contributed by atoms with van der Waals surface area (Å²) in [6.07, 6.45) is 0. The average molecular weight is 187 g/mol. The zero-order valence-corrected chi connectivity index (χ0v) is 8.41. The van der Waals surface area contributed by atoms with Crippen molar-refractivity contribution in [2.45, 2.75) is 20.5 Å². The van der Waals surface area contributed by atoms with Crippen molar-refractivity contribution in [1.29, 1.82) is 5.26 Å². The van der Waals surface area contributed by atoms with E-state index < -0.39 is 0 Å². The monoisotopic (exact) mass is 187 g/mol. The highest BCUT2D eigenvalue weighted by Crippen LogP contribution is 2.18. The summed E-state index contributed by atoms with van der Waals surface area (Å²) >= 11 is 0. The minimum atomic E-state index is 0.0558. The Kier molecular flexibility index (Phi) is 3.44. The summed E-state index contributed by atoms with van der Waals surface area (Å²) in [6, 6.07) is 9.69. The molecule has 1 aromatic carbocycles. The Bertz CT molecular complexity index is 382. The number of nitrogens with zero attached hydrogens (tertiary/aromatic N) is 1. The Morgan fingerprint density at radius 1 is 1.29 bits per heavy atom. The Balaban J connectivity index is 3.05. The molecule has 0 bridgehead atoms. The molecule has 0 aliphatic heterocycles. The van der Waals surface area contributed by atoms with E-state index in [1.54, 1.807) is 6.92 Å². The lowest BCUT2D eigenvalue weighted by molar-refractivity contribution is 0.282. The fourth-order valence-electron chi connectivity index (χ4n) is 1.16. The fourth-order valence-corrected chi connectivity index (χ4v) is 1.16. The SMILES string of the molecule is CC(C#N)=C(C)c1ccc(CO)cc1. The van der Waals surface area contributed by atoms with Gasteiger partial charge in [-0.1, -0.05) is 24.3 Å². The third kappa shape index (κ3) is 2.21. The molecule has 0 atom stereocenters. The van der Waals surface area contributed by atoms with Crippen molar-refractivity contribution in [3.63, 3.8) is 0 Å². The van der Waals surface area contributed by atoms with Crippen molar-refractivity contribution >= 4 is 5.57 Å². The molecule has 0 saturated carbocycles. The molecule has 1 rings (SSSR count). The van der Waals surface area contributed by atoms with E-state index in [9.17, 15) is 0 Å². The van der Waals surface area contributed by atoms with Gasteiger partial charge < -0.3 is 5.11 Å². The maximum Gasteiger partial charge on any atom is 0.0947 e. The van der Waals surface area contributed by atoms with Gasteiger partial charge in [0.2, 0.25) is 0 Å². The van der Waals surface area contributed by atoms with Gasteiger partial charge >= 0.3 is 0 Å². The van der Waals surface area contributed by atoms with Crippen molar-refractivity contribution in [3.05, 3.63) is 41.0 Å². The molecule has 1 aromatic rings. The van der Waals surface area contributed by atoms with Gasteiger partial charge in [-0.2, -0.15) is 5.26 Å². The van der Waals surface area contributed by atoms with Crippen LogP contribution < -0.4 is 0 Å². The number of hydrogen-bond donors (Lipinski definition) is 1. The van der Waals surface area contributed by atoms with Gasteiger partial charge in [0, 0.05) is 5.57 Å². The molecule has 14 heavy (non-hydrogen) atoms. The summed E-state index contributed by atoms with van der Waals surface area (Å²) in [5.74, 6) is 0. The topological polar surface area (TPSA) is 44.0 Å². The third-order valence-corrected chi connectivity index (χ3v) is 2.30. The molecule has 0 saturated heterocycles. The first-order valence-electron chi connectivity index (χ1n) is 4.46. The van der Waals surface area contributed by atoms with Crippen molar-refractivity contribution in [2.24, 2.45) is 0 Å². The lowest BCUT2D eigenvalue weighted by Gasteiger charge is -2.03. The van der Waals surface area contributed by atoms with Crippen LogP contribution in [0.5, 0.6) is 0 Å². The van der Waals surface area contributed by atoms with Crippen LogP contribution in [0.15, 0.2) is 29.8 Å². The second-order valence-corrected chi connectivity index (χ2v) is 3.22. The smallest absolute Gasteiger partial charge is 0.0947 e. The summed E-state index contributed by atoms with van der Waals surface area (Å²) in [7, 11) is 0. The first-order chi connectivity index (χ1) is 6.69. The number of rotatable bonds is 2. The van der Waals surface area contributed by atoms with Crippen molar-refractivity contribution in [3.8, 4) is 6.07 Å². The summed E-state index contributed by atoms with van der Waals surface area (Å²) < 4.78 is 0. The van der Waals surface area contributed by atoms with Gasteiger partial charge in [-0.15, -0.1) is 0 Å². The van der Waals surface area contributed by atoms with E-state index in [0.717, 1.165) is 22.3 Å². The molecule has 0 unspecified atom stereocenters. The van der Waals surface area contributed by atoms with E-state index in [1.807, 2.05) is 31.2 Å². The first-order valence-corrected chi connectivity index (χ1v) is 4.46. The molecule has 0 aromatic heterocycles. The van der Waals surface area contributed by atoms with Crippen LogP contribution in [0, 0.1) is 11.3 Å². The Morgan fingerprint density at radius 3 is 2.29 bits per heavy atom. The minimum absolute atomic E-state index is 0.0558. The lowest BCUT2D eigenvalue weighted by atomic mass is 10.0. The maximum atomic E-state index is 8.86. The normalized spacial score (nSPS) is 11.9. The van der Waals surface area contributed by atoms with Crippen LogP contribution in [0.2, 0.25) is 0 Å². The molecular formula is C12H13NO. The third-order valence-electron chi connectivity index (χ3n) is 2.30. The van der Waals surface area contributed by atoms with Gasteiger partial charge in [0.1, 0.15) is 0 Å². The summed E-state index contributed by atoms with van der Waals surface area (Å²) in [5.41, 5.74) is 3.62. The highest BCUT2D eigenvalue weighted by atomic mass is 16.3. The van der Waals surface area contributed by atoms with Gasteiger partial charge in [-0.3, -0.25) is 0 Å². The molecular weight excluding hydrogens is 174 g/mol. The van der Waals surface area contributed by atoms with Crippen molar-refractivity contribution < 1.29 is 5.11 Å². The van der Waals surface area contributed by atoms with Crippen LogP contribution in [0.4, 0.5) is 0 Å². The summed E-state index contributed by atoms with van der Waals surface area (Å²) in [5, 5.41) is 17.6. The van der Waals surface area contributed by atoms with E-state index in [2.05, 4.69) is 6.07 Å². The van der Waals surface area contributed by atoms with Gasteiger partial charge in [-0.05, 0) is 30.5 Å². The second-order valence-electron chi connectivity index (χ2n) is 3.22. The Labute approximate surface area is 84.1 Å². The van der Waals surface area contributed by atoms with Crippen molar-refractivity contribution in [2.75, 3.05) is 0 Å². The molecule has 0 aliphatic carbocycles. The highest BCUT2D eigenvalue weighted by Gasteiger charge is 1.99. The number of aliphatic hydroxyl groups excluding tert-OH is 1. The number of allylic oxidation sites excluding steroid dienone is 2. The molecule has 0 radical (unpaired) electrons. The lowest BCUT2D eigenvalue weighted by Crippen LogP contribution is -1.86. The predicted octanol–water partition coefficient (Wildman–Crippen LogP) is 2.50. The number of benzene rings is 1. The molecule has 0 fully saturated rings. The second kappa shape index (κ2) is 4.59. The maximum absolute atomic E-state index is 8.86. The molecule has 2 heteroatoms. The molecule has 1 N–H and O–H groups in total. The molecule has 0 aliphatic rings. The van der Waals surface area contributed by atoms with Crippen LogP contribution in [0.1, 0.15) is 25.0 Å². The van der Waals surface area contributed by atoms with Crippen LogP contribution >= 0.6 is 0 Å². The first kappa shape index (κ1) is 10.5. The standard InChI is InChI=1S/C12H13NO/c1-9(7-13)10(2)12-5-3-11(8-14)4-6-12/h3-6,14H,8H2,1-2H3. The molecule has 0 amide bonds. The van der Waals surface area contributed by atoms with Gasteiger partial charge in [0.05, 0.1) is 12.7 Å². The Hall–Kier alpha value is -1.59. The zero-order chi connectivity index (χ0) is 10.6.